The third kappa shape index (κ3) is 2.85. The zero-order chi connectivity index (χ0) is 16.5. The fraction of sp³-hybridized carbons (Fsp3) is 0.333. The van der Waals surface area contributed by atoms with Gasteiger partial charge in [0.2, 0.25) is 0 Å². The van der Waals surface area contributed by atoms with Gasteiger partial charge < -0.3 is 15.0 Å². The van der Waals surface area contributed by atoms with Crippen LogP contribution >= 0.6 is 11.6 Å². The number of hydrogen-bond donors (Lipinski definition) is 1. The van der Waals surface area contributed by atoms with Crippen molar-refractivity contribution in [3.8, 4) is 5.75 Å². The van der Waals surface area contributed by atoms with E-state index in [1.54, 1.807) is 12.3 Å². The summed E-state index contributed by atoms with van der Waals surface area (Å²) in [6.45, 7) is 2.17. The van der Waals surface area contributed by atoms with E-state index in [0.29, 0.717) is 18.0 Å². The Bertz CT molecular complexity index is 753. The van der Waals surface area contributed by atoms with Gasteiger partial charge in [-0.25, -0.2) is 0 Å². The van der Waals surface area contributed by atoms with Crippen LogP contribution in [0.4, 0.5) is 0 Å². The van der Waals surface area contributed by atoms with Crippen molar-refractivity contribution in [2.24, 2.45) is 0 Å². The molecule has 1 aromatic carbocycles. The third-order valence-corrected chi connectivity index (χ3v) is 4.80. The fourth-order valence-corrected chi connectivity index (χ4v) is 3.57. The molecule has 0 radical (unpaired) electrons. The molecular formula is C18H18ClN3O2. The normalized spacial score (nSPS) is 22.8. The van der Waals surface area contributed by atoms with E-state index in [0.717, 1.165) is 30.0 Å². The summed E-state index contributed by atoms with van der Waals surface area (Å²) < 4.78 is 5.88. The van der Waals surface area contributed by atoms with Crippen molar-refractivity contribution in [1.29, 1.82) is 0 Å². The van der Waals surface area contributed by atoms with Crippen LogP contribution in [-0.4, -0.2) is 41.5 Å². The Labute approximate surface area is 145 Å². The second-order valence-electron chi connectivity index (χ2n) is 6.10. The van der Waals surface area contributed by atoms with Crippen molar-refractivity contribution >= 4 is 17.5 Å². The van der Waals surface area contributed by atoms with Crippen LogP contribution < -0.4 is 10.1 Å². The monoisotopic (exact) mass is 343 g/mol. The molecule has 1 aromatic heterocycles. The highest BCUT2D eigenvalue weighted by atomic mass is 35.5. The number of amides is 1. The first kappa shape index (κ1) is 15.4. The molecule has 6 heteroatoms. The molecule has 0 bridgehead atoms. The molecule has 2 aromatic rings. The quantitative estimate of drug-likeness (QED) is 0.908. The number of carbonyl (C=O) groups is 1. The van der Waals surface area contributed by atoms with Crippen molar-refractivity contribution in [3.63, 3.8) is 0 Å². The van der Waals surface area contributed by atoms with Gasteiger partial charge in [0.05, 0.1) is 6.04 Å². The lowest BCUT2D eigenvalue weighted by molar-refractivity contribution is -0.141. The second-order valence-corrected chi connectivity index (χ2v) is 6.54. The van der Waals surface area contributed by atoms with Crippen LogP contribution in [-0.2, 0) is 11.2 Å². The van der Waals surface area contributed by atoms with Gasteiger partial charge >= 0.3 is 0 Å². The largest absolute Gasteiger partial charge is 0.480 e. The van der Waals surface area contributed by atoms with Crippen LogP contribution in [0.1, 0.15) is 17.2 Å². The maximum Gasteiger partial charge on any atom is 0.264 e. The van der Waals surface area contributed by atoms with Crippen LogP contribution in [0.2, 0.25) is 5.02 Å². The third-order valence-electron chi connectivity index (χ3n) is 4.57. The molecule has 2 aliphatic rings. The second kappa shape index (κ2) is 6.42. The number of nitrogens with one attached hydrogen (secondary N) is 1. The predicted molar refractivity (Wildman–Crippen MR) is 91.1 cm³/mol. The molecule has 2 aliphatic heterocycles. The lowest BCUT2D eigenvalue weighted by Crippen LogP contribution is -2.52. The zero-order valence-electron chi connectivity index (χ0n) is 13.1. The SMILES string of the molecule is O=C(C1Cc2cc(Cl)ccc2O1)N1CCNCC1c1cccnc1. The Hall–Kier alpha value is -2.11. The number of piperazine rings is 1. The van der Waals surface area contributed by atoms with Crippen molar-refractivity contribution in [1.82, 2.24) is 15.2 Å². The molecule has 2 atom stereocenters. The van der Waals surface area contributed by atoms with Gasteiger partial charge in [0, 0.05) is 43.5 Å². The molecule has 1 N–H and O–H groups in total. The summed E-state index contributed by atoms with van der Waals surface area (Å²) in [7, 11) is 0. The summed E-state index contributed by atoms with van der Waals surface area (Å²) in [4.78, 5) is 19.1. The highest BCUT2D eigenvalue weighted by molar-refractivity contribution is 6.30. The highest BCUT2D eigenvalue weighted by Gasteiger charge is 2.37. The van der Waals surface area contributed by atoms with E-state index in [9.17, 15) is 4.79 Å². The van der Waals surface area contributed by atoms with Crippen LogP contribution in [0.25, 0.3) is 0 Å². The van der Waals surface area contributed by atoms with E-state index in [1.165, 1.54) is 0 Å². The fourth-order valence-electron chi connectivity index (χ4n) is 3.38. The van der Waals surface area contributed by atoms with Gasteiger partial charge in [0.15, 0.2) is 6.10 Å². The van der Waals surface area contributed by atoms with Crippen molar-refractivity contribution in [3.05, 3.63) is 58.9 Å². The van der Waals surface area contributed by atoms with Gasteiger partial charge in [-0.05, 0) is 35.4 Å². The van der Waals surface area contributed by atoms with Crippen LogP contribution in [0.3, 0.4) is 0 Å². The Morgan fingerprint density at radius 1 is 1.38 bits per heavy atom. The summed E-state index contributed by atoms with van der Waals surface area (Å²) in [5, 5.41) is 4.02. The molecule has 0 saturated carbocycles. The van der Waals surface area contributed by atoms with Gasteiger partial charge in [0.25, 0.3) is 5.91 Å². The first-order chi connectivity index (χ1) is 11.7. The Balaban J connectivity index is 1.55. The van der Waals surface area contributed by atoms with Crippen molar-refractivity contribution in [2.75, 3.05) is 19.6 Å². The van der Waals surface area contributed by atoms with E-state index in [2.05, 4.69) is 10.3 Å². The number of hydrogen-bond acceptors (Lipinski definition) is 4. The Kier molecular flexibility index (Phi) is 4.12. The number of carbonyl (C=O) groups excluding carboxylic acids is 1. The molecular weight excluding hydrogens is 326 g/mol. The van der Waals surface area contributed by atoms with Crippen LogP contribution in [0.5, 0.6) is 5.75 Å². The van der Waals surface area contributed by atoms with E-state index in [1.807, 2.05) is 35.4 Å². The van der Waals surface area contributed by atoms with Crippen molar-refractivity contribution < 1.29 is 9.53 Å². The van der Waals surface area contributed by atoms with Gasteiger partial charge in [0.1, 0.15) is 5.75 Å². The van der Waals surface area contributed by atoms with Gasteiger partial charge in [-0.15, -0.1) is 0 Å². The van der Waals surface area contributed by atoms with Crippen molar-refractivity contribution in [2.45, 2.75) is 18.6 Å². The molecule has 0 aliphatic carbocycles. The average molecular weight is 344 g/mol. The van der Waals surface area contributed by atoms with E-state index in [-0.39, 0.29) is 11.9 Å². The summed E-state index contributed by atoms with van der Waals surface area (Å²) >= 11 is 6.04. The number of rotatable bonds is 2. The number of halogens is 1. The Morgan fingerprint density at radius 3 is 3.12 bits per heavy atom. The molecule has 1 amide bonds. The number of pyridine rings is 1. The highest BCUT2D eigenvalue weighted by Crippen LogP contribution is 2.33. The first-order valence-electron chi connectivity index (χ1n) is 8.08. The minimum absolute atomic E-state index is 0.0177. The smallest absolute Gasteiger partial charge is 0.264 e. The minimum Gasteiger partial charge on any atom is -0.480 e. The average Bonchev–Trinajstić information content (AvgIpc) is 3.05. The molecule has 2 unspecified atom stereocenters. The van der Waals surface area contributed by atoms with Gasteiger partial charge in [-0.2, -0.15) is 0 Å². The van der Waals surface area contributed by atoms with Crippen LogP contribution in [0.15, 0.2) is 42.7 Å². The molecule has 1 saturated heterocycles. The molecule has 24 heavy (non-hydrogen) atoms. The van der Waals surface area contributed by atoms with Crippen LogP contribution in [0, 0.1) is 0 Å². The standard InChI is InChI=1S/C18H18ClN3O2/c19-14-3-4-16-13(8-14)9-17(24-16)18(23)22-7-6-21-11-15(22)12-2-1-5-20-10-12/h1-5,8,10,15,17,21H,6-7,9,11H2. The molecule has 1 fully saturated rings. The minimum atomic E-state index is -0.476. The van der Waals surface area contributed by atoms with Gasteiger partial charge in [-0.1, -0.05) is 17.7 Å². The number of benzene rings is 1. The number of nitrogens with zero attached hydrogens (tertiary/aromatic N) is 2. The Morgan fingerprint density at radius 2 is 2.29 bits per heavy atom. The lowest BCUT2D eigenvalue weighted by Gasteiger charge is -2.37. The first-order valence-corrected chi connectivity index (χ1v) is 8.46. The summed E-state index contributed by atoms with van der Waals surface area (Å²) in [6, 6.07) is 9.39. The molecule has 4 rings (SSSR count). The van der Waals surface area contributed by atoms with E-state index in [4.69, 9.17) is 16.3 Å². The maximum atomic E-state index is 13.1. The zero-order valence-corrected chi connectivity index (χ0v) is 13.9. The van der Waals surface area contributed by atoms with E-state index >= 15 is 0 Å². The van der Waals surface area contributed by atoms with E-state index < -0.39 is 6.10 Å². The topological polar surface area (TPSA) is 54.5 Å². The molecule has 124 valence electrons. The number of ether oxygens (including phenoxy) is 1. The molecule has 5 nitrogen and oxygen atoms in total. The summed E-state index contributed by atoms with van der Waals surface area (Å²) in [5.41, 5.74) is 2.03. The molecule has 0 spiro atoms. The maximum absolute atomic E-state index is 13.1. The predicted octanol–water partition coefficient (Wildman–Crippen LogP) is 2.21. The summed E-state index contributed by atoms with van der Waals surface area (Å²) in [5.74, 6) is 0.781. The summed E-state index contributed by atoms with van der Waals surface area (Å²) in [6.07, 6.45) is 3.66. The van der Waals surface area contributed by atoms with Gasteiger partial charge in [-0.3, -0.25) is 9.78 Å². The lowest BCUT2D eigenvalue weighted by atomic mass is 10.0. The number of fused-ring (bicyclic) bond motifs is 1. The molecule has 3 heterocycles. The number of aromatic nitrogens is 1.